The second-order valence-electron chi connectivity index (χ2n) is 10.4. The van der Waals surface area contributed by atoms with E-state index in [0.717, 1.165) is 52.1 Å². The van der Waals surface area contributed by atoms with Gasteiger partial charge < -0.3 is 24.5 Å². The summed E-state index contributed by atoms with van der Waals surface area (Å²) in [5, 5.41) is 11.4. The molecule has 6 rings (SSSR count). The number of hydrogen-bond acceptors (Lipinski definition) is 7. The third-order valence-electron chi connectivity index (χ3n) is 7.19. The number of benzene rings is 3. The van der Waals surface area contributed by atoms with Gasteiger partial charge in [0.1, 0.15) is 11.8 Å². The predicted molar refractivity (Wildman–Crippen MR) is 160 cm³/mol. The predicted octanol–water partition coefficient (Wildman–Crippen LogP) is 6.63. The summed E-state index contributed by atoms with van der Waals surface area (Å²) in [5.74, 6) is 0.921. The van der Waals surface area contributed by atoms with Crippen molar-refractivity contribution in [2.75, 3.05) is 23.3 Å². The van der Waals surface area contributed by atoms with Crippen LogP contribution in [0.25, 0.3) is 33.5 Å². The minimum atomic E-state index is -0.198. The number of halogens is 1. The highest BCUT2D eigenvalue weighted by Gasteiger charge is 2.22. The molecule has 2 atom stereocenters. The van der Waals surface area contributed by atoms with E-state index in [2.05, 4.69) is 70.7 Å². The van der Waals surface area contributed by atoms with Crippen molar-refractivity contribution in [3.63, 3.8) is 0 Å². The topological polar surface area (TPSA) is 96.4 Å². The summed E-state index contributed by atoms with van der Waals surface area (Å²) >= 11 is 0. The molecule has 3 aromatic carbocycles. The molecule has 1 saturated heterocycles. The van der Waals surface area contributed by atoms with E-state index in [4.69, 9.17) is 8.94 Å². The fourth-order valence-corrected chi connectivity index (χ4v) is 5.40. The van der Waals surface area contributed by atoms with E-state index in [-0.39, 0.29) is 18.3 Å². The van der Waals surface area contributed by atoms with Gasteiger partial charge in [-0.3, -0.25) is 4.79 Å². The molecule has 1 amide bonds. The fourth-order valence-electron chi connectivity index (χ4n) is 5.40. The van der Waals surface area contributed by atoms with Gasteiger partial charge in [0.2, 0.25) is 11.7 Å². The first kappa shape index (κ1) is 27.4. The minimum absolute atomic E-state index is 0. The van der Waals surface area contributed by atoms with Crippen LogP contribution in [0.15, 0.2) is 75.9 Å². The van der Waals surface area contributed by atoms with E-state index >= 15 is 0 Å². The SMILES string of the molecule is Cc1nc(-c2ccc(-c3ccc(NC(=O)c4coc5ccc(N6CC(C)NC(C)C6)cc45)cc3)c(C)c2)no1.Cl. The number of nitrogens with zero attached hydrogens (tertiary/aromatic N) is 3. The monoisotopic (exact) mass is 557 g/mol. The highest BCUT2D eigenvalue weighted by molar-refractivity contribution is 6.12. The molecule has 0 radical (unpaired) electrons. The number of hydrogen-bond donors (Lipinski definition) is 2. The van der Waals surface area contributed by atoms with E-state index in [0.29, 0.717) is 34.9 Å². The summed E-state index contributed by atoms with van der Waals surface area (Å²) < 4.78 is 10.8. The Kier molecular flexibility index (Phi) is 7.65. The molecule has 0 saturated carbocycles. The van der Waals surface area contributed by atoms with Crippen LogP contribution in [0.1, 0.15) is 35.7 Å². The Balaban J connectivity index is 0.00000323. The standard InChI is InChI=1S/C31H31N5O3.ClH/c1-18-13-23(30-33-21(4)39-35-30)7-11-26(18)22-5-8-24(9-6-22)34-31(37)28-17-38-29-12-10-25(14-27(28)29)36-15-19(2)32-20(3)16-36;/h5-14,17,19-20,32H,15-16H2,1-4H3,(H,34,37);1H. The van der Waals surface area contributed by atoms with Crippen LogP contribution in [0.5, 0.6) is 0 Å². The Morgan fingerprint density at radius 1 is 0.975 bits per heavy atom. The lowest BCUT2D eigenvalue weighted by Crippen LogP contribution is -2.54. The van der Waals surface area contributed by atoms with Crippen LogP contribution < -0.4 is 15.5 Å². The lowest BCUT2D eigenvalue weighted by atomic mass is 9.98. The Morgan fingerprint density at radius 2 is 1.70 bits per heavy atom. The molecule has 0 aliphatic carbocycles. The Morgan fingerprint density at radius 3 is 2.38 bits per heavy atom. The largest absolute Gasteiger partial charge is 0.463 e. The second-order valence-corrected chi connectivity index (χ2v) is 10.4. The number of rotatable bonds is 5. The van der Waals surface area contributed by atoms with Crippen LogP contribution in [0.2, 0.25) is 0 Å². The maximum absolute atomic E-state index is 13.2. The van der Waals surface area contributed by atoms with Crippen molar-refractivity contribution >= 4 is 40.7 Å². The summed E-state index contributed by atoms with van der Waals surface area (Å²) in [6.07, 6.45) is 1.54. The van der Waals surface area contributed by atoms with Crippen LogP contribution in [-0.2, 0) is 0 Å². The summed E-state index contributed by atoms with van der Waals surface area (Å²) in [6.45, 7) is 10.0. The zero-order chi connectivity index (χ0) is 27.1. The number of piperazine rings is 1. The molecule has 2 N–H and O–H groups in total. The highest BCUT2D eigenvalue weighted by atomic mass is 35.5. The molecule has 0 spiro atoms. The van der Waals surface area contributed by atoms with Crippen molar-refractivity contribution < 1.29 is 13.7 Å². The second kappa shape index (κ2) is 11.2. The molecule has 1 fully saturated rings. The van der Waals surface area contributed by atoms with Crippen molar-refractivity contribution in [1.82, 2.24) is 15.5 Å². The maximum atomic E-state index is 13.2. The quantitative estimate of drug-likeness (QED) is 0.250. The van der Waals surface area contributed by atoms with Gasteiger partial charge in [0.05, 0.1) is 5.56 Å². The van der Waals surface area contributed by atoms with Crippen LogP contribution >= 0.6 is 12.4 Å². The molecule has 1 aliphatic heterocycles. The smallest absolute Gasteiger partial charge is 0.259 e. The summed E-state index contributed by atoms with van der Waals surface area (Å²) in [6, 6.07) is 20.8. The van der Waals surface area contributed by atoms with Gasteiger partial charge in [-0.15, -0.1) is 12.4 Å². The number of nitrogens with one attached hydrogen (secondary N) is 2. The van der Waals surface area contributed by atoms with Gasteiger partial charge in [0.15, 0.2) is 0 Å². The zero-order valence-corrected chi connectivity index (χ0v) is 23.7. The van der Waals surface area contributed by atoms with E-state index in [1.807, 2.05) is 36.4 Å². The number of furan rings is 1. The normalized spacial score (nSPS) is 17.1. The van der Waals surface area contributed by atoms with Gasteiger partial charge in [-0.1, -0.05) is 29.4 Å². The number of carbonyl (C=O) groups is 1. The van der Waals surface area contributed by atoms with Gasteiger partial charge in [-0.25, -0.2) is 0 Å². The number of fused-ring (bicyclic) bond motifs is 1. The maximum Gasteiger partial charge on any atom is 0.259 e. The molecule has 1 aliphatic rings. The summed E-state index contributed by atoms with van der Waals surface area (Å²) in [4.78, 5) is 19.9. The number of aromatic nitrogens is 2. The van der Waals surface area contributed by atoms with Crippen LogP contribution in [-0.4, -0.2) is 41.2 Å². The van der Waals surface area contributed by atoms with Crippen LogP contribution in [0, 0.1) is 13.8 Å². The molecule has 8 nitrogen and oxygen atoms in total. The Bertz CT molecular complexity index is 1650. The third-order valence-corrected chi connectivity index (χ3v) is 7.19. The minimum Gasteiger partial charge on any atom is -0.463 e. The molecule has 0 bridgehead atoms. The molecular formula is C31H32ClN5O3. The van der Waals surface area contributed by atoms with E-state index in [9.17, 15) is 4.79 Å². The number of aryl methyl sites for hydroxylation is 2. The Hall–Kier alpha value is -4.14. The average molecular weight is 558 g/mol. The summed E-state index contributed by atoms with van der Waals surface area (Å²) in [5.41, 5.74) is 7.20. The van der Waals surface area contributed by atoms with Crippen molar-refractivity contribution in [3.8, 4) is 22.5 Å². The zero-order valence-electron chi connectivity index (χ0n) is 22.9. The first-order valence-electron chi connectivity index (χ1n) is 13.2. The van der Waals surface area contributed by atoms with Gasteiger partial charge in [0, 0.05) is 54.4 Å². The highest BCUT2D eigenvalue weighted by Crippen LogP contribution is 2.30. The van der Waals surface area contributed by atoms with E-state index < -0.39 is 0 Å². The first-order valence-corrected chi connectivity index (χ1v) is 13.2. The molecule has 5 aromatic rings. The Labute approximate surface area is 239 Å². The third kappa shape index (κ3) is 5.46. The van der Waals surface area contributed by atoms with Gasteiger partial charge >= 0.3 is 0 Å². The van der Waals surface area contributed by atoms with Crippen LogP contribution in [0.3, 0.4) is 0 Å². The first-order chi connectivity index (χ1) is 18.8. The van der Waals surface area contributed by atoms with E-state index in [1.165, 1.54) is 6.26 Å². The summed E-state index contributed by atoms with van der Waals surface area (Å²) in [7, 11) is 0. The molecule has 206 valence electrons. The lowest BCUT2D eigenvalue weighted by Gasteiger charge is -2.37. The molecule has 9 heteroatoms. The van der Waals surface area contributed by atoms with E-state index in [1.54, 1.807) is 6.92 Å². The fraction of sp³-hybridized carbons (Fsp3) is 0.258. The number of anilines is 2. The molecule has 3 heterocycles. The number of carbonyl (C=O) groups excluding carboxylic acids is 1. The van der Waals surface area contributed by atoms with Gasteiger partial charge in [-0.05, 0) is 73.9 Å². The van der Waals surface area contributed by atoms with Crippen molar-refractivity contribution in [2.45, 2.75) is 39.8 Å². The van der Waals surface area contributed by atoms with Crippen molar-refractivity contribution in [3.05, 3.63) is 83.9 Å². The van der Waals surface area contributed by atoms with Crippen molar-refractivity contribution in [1.29, 1.82) is 0 Å². The van der Waals surface area contributed by atoms with Crippen LogP contribution in [0.4, 0.5) is 11.4 Å². The average Bonchev–Trinajstić information content (AvgIpc) is 3.54. The lowest BCUT2D eigenvalue weighted by molar-refractivity contribution is 0.102. The molecule has 2 aromatic heterocycles. The van der Waals surface area contributed by atoms with Gasteiger partial charge in [0.25, 0.3) is 5.91 Å². The molecule has 40 heavy (non-hydrogen) atoms. The van der Waals surface area contributed by atoms with Crippen molar-refractivity contribution in [2.24, 2.45) is 0 Å². The molecule has 2 unspecified atom stereocenters. The van der Waals surface area contributed by atoms with Gasteiger partial charge in [-0.2, -0.15) is 4.98 Å². The number of amides is 1. The molecular weight excluding hydrogens is 526 g/mol.